The van der Waals surface area contributed by atoms with Crippen molar-refractivity contribution in [3.05, 3.63) is 59.7 Å². The van der Waals surface area contributed by atoms with Gasteiger partial charge in [-0.05, 0) is 74.4 Å². The molecule has 34 heavy (non-hydrogen) atoms. The van der Waals surface area contributed by atoms with E-state index in [1.54, 1.807) is 6.07 Å². The molecule has 0 spiro atoms. The van der Waals surface area contributed by atoms with Gasteiger partial charge in [0.05, 0.1) is 5.56 Å². The molecule has 3 aliphatic rings. The molecule has 2 aromatic rings. The molecule has 180 valence electrons. The van der Waals surface area contributed by atoms with E-state index in [0.29, 0.717) is 23.1 Å². The zero-order chi connectivity index (χ0) is 23.5. The van der Waals surface area contributed by atoms with Crippen LogP contribution in [0, 0.1) is 11.8 Å². The van der Waals surface area contributed by atoms with Gasteiger partial charge in [-0.2, -0.15) is 0 Å². The first kappa shape index (κ1) is 22.7. The number of primary amides is 1. The van der Waals surface area contributed by atoms with E-state index in [2.05, 4.69) is 10.2 Å². The van der Waals surface area contributed by atoms with E-state index in [1.165, 1.54) is 0 Å². The molecule has 7 heteroatoms. The molecule has 0 bridgehead atoms. The van der Waals surface area contributed by atoms with Crippen molar-refractivity contribution in [2.24, 2.45) is 17.6 Å². The fourth-order valence-corrected chi connectivity index (χ4v) is 5.67. The first-order valence-electron chi connectivity index (χ1n) is 12.5. The maximum atomic E-state index is 12.5. The van der Waals surface area contributed by atoms with Gasteiger partial charge in [0.1, 0.15) is 11.9 Å². The third kappa shape index (κ3) is 5.04. The second kappa shape index (κ2) is 10.1. The Morgan fingerprint density at radius 3 is 2.38 bits per heavy atom. The van der Waals surface area contributed by atoms with E-state index in [1.807, 2.05) is 47.4 Å². The molecule has 0 aromatic heterocycles. The number of nitrogens with zero attached hydrogens (tertiary/aromatic N) is 2. The SMILES string of the molecule is NC(=O)c1cccc2c1OC(C1CCN(CC3CCN(C(=O)Nc4ccccc4)CC3)CC1)C2. The molecule has 3 N–H and O–H groups in total. The predicted molar refractivity (Wildman–Crippen MR) is 132 cm³/mol. The van der Waals surface area contributed by atoms with Crippen LogP contribution in [0.5, 0.6) is 5.75 Å². The van der Waals surface area contributed by atoms with Crippen molar-refractivity contribution >= 4 is 17.6 Å². The zero-order valence-electron chi connectivity index (χ0n) is 19.6. The van der Waals surface area contributed by atoms with Crippen LogP contribution in [-0.2, 0) is 6.42 Å². The van der Waals surface area contributed by atoms with Gasteiger partial charge in [-0.25, -0.2) is 4.79 Å². The molecule has 7 nitrogen and oxygen atoms in total. The summed E-state index contributed by atoms with van der Waals surface area (Å²) in [7, 11) is 0. The normalized spacial score (nSPS) is 21.6. The summed E-state index contributed by atoms with van der Waals surface area (Å²) in [5.41, 5.74) is 7.98. The van der Waals surface area contributed by atoms with Gasteiger partial charge in [0.15, 0.2) is 0 Å². The van der Waals surface area contributed by atoms with Gasteiger partial charge in [-0.3, -0.25) is 4.79 Å². The van der Waals surface area contributed by atoms with Crippen LogP contribution in [0.2, 0.25) is 0 Å². The van der Waals surface area contributed by atoms with E-state index in [4.69, 9.17) is 10.5 Å². The van der Waals surface area contributed by atoms with Gasteiger partial charge in [0.25, 0.3) is 5.91 Å². The number of carbonyl (C=O) groups is 2. The van der Waals surface area contributed by atoms with Gasteiger partial charge in [-0.15, -0.1) is 0 Å². The monoisotopic (exact) mass is 462 g/mol. The number of likely N-dealkylation sites (tertiary alicyclic amines) is 2. The summed E-state index contributed by atoms with van der Waals surface area (Å²) in [5, 5.41) is 2.99. The quantitative estimate of drug-likeness (QED) is 0.709. The van der Waals surface area contributed by atoms with Crippen molar-refractivity contribution in [2.45, 2.75) is 38.2 Å². The minimum Gasteiger partial charge on any atom is -0.489 e. The Bertz CT molecular complexity index is 1010. The molecule has 0 radical (unpaired) electrons. The highest BCUT2D eigenvalue weighted by atomic mass is 16.5. The molecule has 0 aliphatic carbocycles. The van der Waals surface area contributed by atoms with Crippen molar-refractivity contribution in [3.8, 4) is 5.75 Å². The summed E-state index contributed by atoms with van der Waals surface area (Å²) >= 11 is 0. The minimum absolute atomic E-state index is 0.00233. The highest BCUT2D eigenvalue weighted by molar-refractivity contribution is 5.96. The van der Waals surface area contributed by atoms with E-state index in [0.717, 1.165) is 76.1 Å². The molecule has 2 saturated heterocycles. The largest absolute Gasteiger partial charge is 0.489 e. The lowest BCUT2D eigenvalue weighted by atomic mass is 9.88. The summed E-state index contributed by atoms with van der Waals surface area (Å²) in [5.74, 6) is 1.43. The molecular weight excluding hydrogens is 428 g/mol. The molecule has 5 rings (SSSR count). The number of carbonyl (C=O) groups excluding carboxylic acids is 2. The lowest BCUT2D eigenvalue weighted by Crippen LogP contribution is -2.45. The average molecular weight is 463 g/mol. The third-order valence-corrected chi connectivity index (χ3v) is 7.65. The number of rotatable bonds is 5. The second-order valence-corrected chi connectivity index (χ2v) is 9.88. The smallest absolute Gasteiger partial charge is 0.321 e. The summed E-state index contributed by atoms with van der Waals surface area (Å²) in [4.78, 5) is 28.8. The van der Waals surface area contributed by atoms with Crippen molar-refractivity contribution < 1.29 is 14.3 Å². The Labute approximate surface area is 201 Å². The fraction of sp³-hybridized carbons (Fsp3) is 0.481. The van der Waals surface area contributed by atoms with Gasteiger partial charge in [0.2, 0.25) is 0 Å². The summed E-state index contributed by atoms with van der Waals surface area (Å²) in [6.07, 6.45) is 5.35. The van der Waals surface area contributed by atoms with Crippen LogP contribution in [0.25, 0.3) is 0 Å². The number of urea groups is 1. The van der Waals surface area contributed by atoms with Crippen LogP contribution >= 0.6 is 0 Å². The van der Waals surface area contributed by atoms with Gasteiger partial charge in [-0.1, -0.05) is 30.3 Å². The standard InChI is InChI=1S/C27H34N4O3/c28-26(32)23-8-4-5-21-17-24(34-25(21)23)20-11-13-30(14-12-20)18-19-9-15-31(16-10-19)27(33)29-22-6-2-1-3-7-22/h1-8,19-20,24H,9-18H2,(H2,28,32)(H,29,33). The Hall–Kier alpha value is -3.06. The van der Waals surface area contributed by atoms with E-state index >= 15 is 0 Å². The number of nitrogens with one attached hydrogen (secondary N) is 1. The van der Waals surface area contributed by atoms with Crippen LogP contribution in [0.3, 0.4) is 0 Å². The number of fused-ring (bicyclic) bond motifs is 1. The zero-order valence-corrected chi connectivity index (χ0v) is 19.6. The molecule has 2 aromatic carbocycles. The molecule has 1 atom stereocenters. The summed E-state index contributed by atoms with van der Waals surface area (Å²) < 4.78 is 6.24. The number of ether oxygens (including phenoxy) is 1. The molecule has 2 fully saturated rings. The van der Waals surface area contributed by atoms with Crippen molar-refractivity contribution in [2.75, 3.05) is 38.0 Å². The Morgan fingerprint density at radius 1 is 0.941 bits per heavy atom. The maximum Gasteiger partial charge on any atom is 0.321 e. The minimum atomic E-state index is -0.420. The van der Waals surface area contributed by atoms with Crippen molar-refractivity contribution in [3.63, 3.8) is 0 Å². The molecule has 0 saturated carbocycles. The number of hydrogen-bond acceptors (Lipinski definition) is 4. The Kier molecular flexibility index (Phi) is 6.72. The summed E-state index contributed by atoms with van der Waals surface area (Å²) in [6.45, 7) is 4.90. The Morgan fingerprint density at radius 2 is 1.68 bits per heavy atom. The molecule has 3 aliphatic heterocycles. The number of piperidine rings is 2. The number of para-hydroxylation sites is 2. The highest BCUT2D eigenvalue weighted by Crippen LogP contribution is 2.37. The highest BCUT2D eigenvalue weighted by Gasteiger charge is 2.35. The number of amides is 3. The van der Waals surface area contributed by atoms with Crippen LogP contribution in [0.15, 0.2) is 48.5 Å². The van der Waals surface area contributed by atoms with E-state index in [9.17, 15) is 9.59 Å². The van der Waals surface area contributed by atoms with Crippen LogP contribution in [0.4, 0.5) is 10.5 Å². The molecule has 3 amide bonds. The third-order valence-electron chi connectivity index (χ3n) is 7.65. The lowest BCUT2D eigenvalue weighted by molar-refractivity contribution is 0.0758. The number of anilines is 1. The first-order chi connectivity index (χ1) is 16.6. The van der Waals surface area contributed by atoms with Gasteiger partial charge >= 0.3 is 6.03 Å². The molecule has 1 unspecified atom stereocenters. The van der Waals surface area contributed by atoms with Crippen molar-refractivity contribution in [1.29, 1.82) is 0 Å². The second-order valence-electron chi connectivity index (χ2n) is 9.88. The average Bonchev–Trinajstić information content (AvgIpc) is 3.30. The topological polar surface area (TPSA) is 87.9 Å². The van der Waals surface area contributed by atoms with Crippen LogP contribution in [0.1, 0.15) is 41.6 Å². The maximum absolute atomic E-state index is 12.5. The molecule has 3 heterocycles. The van der Waals surface area contributed by atoms with Crippen LogP contribution < -0.4 is 15.8 Å². The van der Waals surface area contributed by atoms with E-state index in [-0.39, 0.29) is 12.1 Å². The number of benzene rings is 2. The molecular formula is C27H34N4O3. The van der Waals surface area contributed by atoms with Crippen molar-refractivity contribution in [1.82, 2.24) is 9.80 Å². The summed E-state index contributed by atoms with van der Waals surface area (Å²) in [6, 6.07) is 15.3. The predicted octanol–water partition coefficient (Wildman–Crippen LogP) is 3.75. The van der Waals surface area contributed by atoms with E-state index < -0.39 is 5.91 Å². The Balaban J connectivity index is 1.05. The van der Waals surface area contributed by atoms with Crippen LogP contribution in [-0.4, -0.2) is 60.6 Å². The van der Waals surface area contributed by atoms with Gasteiger partial charge in [0, 0.05) is 31.7 Å². The number of hydrogen-bond donors (Lipinski definition) is 2. The first-order valence-corrected chi connectivity index (χ1v) is 12.5. The fourth-order valence-electron chi connectivity index (χ4n) is 5.67. The van der Waals surface area contributed by atoms with Gasteiger partial charge < -0.3 is 25.6 Å². The number of nitrogens with two attached hydrogens (primary N) is 1. The lowest BCUT2D eigenvalue weighted by Gasteiger charge is -2.38.